The van der Waals surface area contributed by atoms with Crippen LogP contribution in [0, 0.1) is 11.3 Å². The van der Waals surface area contributed by atoms with E-state index in [0.717, 1.165) is 15.1 Å². The molecule has 0 aliphatic rings. The molecule has 0 saturated heterocycles. The van der Waals surface area contributed by atoms with Gasteiger partial charge in [0.05, 0.1) is 0 Å². The summed E-state index contributed by atoms with van der Waals surface area (Å²) in [5, 5.41) is 9.34. The Morgan fingerprint density at radius 1 is 1.35 bits per heavy atom. The van der Waals surface area contributed by atoms with Crippen LogP contribution in [0.25, 0.3) is 0 Å². The van der Waals surface area contributed by atoms with Gasteiger partial charge in [0.1, 0.15) is 23.1 Å². The highest BCUT2D eigenvalue weighted by molar-refractivity contribution is 9.10. The summed E-state index contributed by atoms with van der Waals surface area (Å²) in [5.41, 5.74) is 6.94. The molecule has 0 radical (unpaired) electrons. The quantitative estimate of drug-likeness (QED) is 0.636. The van der Waals surface area contributed by atoms with E-state index in [9.17, 15) is 5.26 Å². The van der Waals surface area contributed by atoms with Gasteiger partial charge in [0.25, 0.3) is 0 Å². The average molecular weight is 349 g/mol. The van der Waals surface area contributed by atoms with Crippen LogP contribution in [0.15, 0.2) is 45.8 Å². The van der Waals surface area contributed by atoms with Gasteiger partial charge in [-0.3, -0.25) is 0 Å². The first-order valence-electron chi connectivity index (χ1n) is 6.04. The first kappa shape index (κ1) is 14.8. The second-order valence-corrected chi connectivity index (χ2v) is 6.22. The summed E-state index contributed by atoms with van der Waals surface area (Å²) in [6.45, 7) is 2.05. The van der Waals surface area contributed by atoms with Crippen molar-refractivity contribution in [2.24, 2.45) is 0 Å². The number of nitrogen functional groups attached to an aromatic ring is 1. The molecule has 2 N–H and O–H groups in total. The maximum absolute atomic E-state index is 9.34. The topological polar surface area (TPSA) is 59.0 Å². The number of hydrogen-bond donors (Lipinski definition) is 1. The first-order chi connectivity index (χ1) is 9.63. The Kier molecular flexibility index (Phi) is 4.94. The molecule has 0 aromatic heterocycles. The molecule has 0 fully saturated rings. The summed E-state index contributed by atoms with van der Waals surface area (Å²) < 4.78 is 6.64. The number of anilines is 1. The molecule has 3 nitrogen and oxygen atoms in total. The molecule has 0 unspecified atom stereocenters. The van der Waals surface area contributed by atoms with Crippen LogP contribution < -0.4 is 10.5 Å². The highest BCUT2D eigenvalue weighted by Crippen LogP contribution is 2.33. The minimum atomic E-state index is 0.545. The van der Waals surface area contributed by atoms with E-state index >= 15 is 0 Å². The van der Waals surface area contributed by atoms with Gasteiger partial charge < -0.3 is 10.5 Å². The lowest BCUT2D eigenvalue weighted by Gasteiger charge is -2.11. The van der Waals surface area contributed by atoms with Gasteiger partial charge in [0, 0.05) is 21.1 Å². The van der Waals surface area contributed by atoms with Crippen LogP contribution in [0.5, 0.6) is 11.5 Å². The van der Waals surface area contributed by atoms with Gasteiger partial charge in [-0.1, -0.05) is 28.9 Å². The number of nitrogens with zero attached hydrogens (tertiary/aromatic N) is 1. The van der Waals surface area contributed by atoms with Crippen LogP contribution in [0.1, 0.15) is 12.5 Å². The van der Waals surface area contributed by atoms with Crippen LogP contribution >= 0.6 is 27.7 Å². The number of ether oxygens (including phenoxy) is 1. The molecular weight excluding hydrogens is 336 g/mol. The normalized spacial score (nSPS) is 10.1. The van der Waals surface area contributed by atoms with Crippen molar-refractivity contribution in [2.75, 3.05) is 11.5 Å². The largest absolute Gasteiger partial charge is 0.456 e. The summed E-state index contributed by atoms with van der Waals surface area (Å²) in [7, 11) is 0. The van der Waals surface area contributed by atoms with Crippen molar-refractivity contribution < 1.29 is 4.74 Å². The second kappa shape index (κ2) is 6.69. The maximum atomic E-state index is 9.34. The number of rotatable bonds is 4. The Morgan fingerprint density at radius 3 is 2.80 bits per heavy atom. The molecule has 0 aliphatic carbocycles. The van der Waals surface area contributed by atoms with Gasteiger partial charge in [-0.25, -0.2) is 0 Å². The molecule has 0 atom stereocenters. The number of halogens is 1. The van der Waals surface area contributed by atoms with Gasteiger partial charge in [0.15, 0.2) is 0 Å². The minimum Gasteiger partial charge on any atom is -0.456 e. The summed E-state index contributed by atoms with van der Waals surface area (Å²) in [5.74, 6) is 2.05. The average Bonchev–Trinajstić information content (AvgIpc) is 2.38. The van der Waals surface area contributed by atoms with Crippen molar-refractivity contribution in [3.05, 3.63) is 46.4 Å². The predicted molar refractivity (Wildman–Crippen MR) is 86.2 cm³/mol. The van der Waals surface area contributed by atoms with Crippen molar-refractivity contribution in [1.82, 2.24) is 0 Å². The maximum Gasteiger partial charge on any atom is 0.146 e. The molecule has 2 aromatic rings. The first-order valence-corrected chi connectivity index (χ1v) is 7.81. The Hall–Kier alpha value is -1.64. The molecule has 20 heavy (non-hydrogen) atoms. The Labute approximate surface area is 130 Å². The smallest absolute Gasteiger partial charge is 0.146 e. The summed E-state index contributed by atoms with van der Waals surface area (Å²) in [6, 6.07) is 13.1. The summed E-state index contributed by atoms with van der Waals surface area (Å²) >= 11 is 4.99. The lowest BCUT2D eigenvalue weighted by Crippen LogP contribution is -1.92. The van der Waals surface area contributed by atoms with E-state index in [2.05, 4.69) is 22.0 Å². The molecule has 0 heterocycles. The Bertz CT molecular complexity index is 647. The zero-order chi connectivity index (χ0) is 14.5. The molecule has 0 bridgehead atoms. The Morgan fingerprint density at radius 2 is 2.15 bits per heavy atom. The van der Waals surface area contributed by atoms with Crippen molar-refractivity contribution in [3.8, 4) is 17.6 Å². The lowest BCUT2D eigenvalue weighted by molar-refractivity contribution is 0.479. The van der Waals surface area contributed by atoms with Gasteiger partial charge >= 0.3 is 0 Å². The standard InChI is InChI=1S/C15H13BrN2OS/c1-2-20-15-5-3-4-14(13(15)9-17)19-12-7-10(16)6-11(18)8-12/h3-8H,2,18H2,1H3. The van der Waals surface area contributed by atoms with Crippen LogP contribution in [0.4, 0.5) is 5.69 Å². The van der Waals surface area contributed by atoms with Gasteiger partial charge in [-0.2, -0.15) is 5.26 Å². The fraction of sp³-hybridized carbons (Fsp3) is 0.133. The van der Waals surface area contributed by atoms with Crippen LogP contribution in [-0.4, -0.2) is 5.75 Å². The molecule has 0 saturated carbocycles. The van der Waals surface area contributed by atoms with E-state index in [0.29, 0.717) is 22.7 Å². The molecule has 2 aromatic carbocycles. The number of nitriles is 1. The number of hydrogen-bond acceptors (Lipinski definition) is 4. The number of nitrogens with two attached hydrogens (primary N) is 1. The zero-order valence-electron chi connectivity index (χ0n) is 10.9. The van der Waals surface area contributed by atoms with E-state index in [1.807, 2.05) is 25.1 Å². The highest BCUT2D eigenvalue weighted by Gasteiger charge is 2.10. The van der Waals surface area contributed by atoms with Crippen molar-refractivity contribution in [2.45, 2.75) is 11.8 Å². The van der Waals surface area contributed by atoms with Crippen molar-refractivity contribution >= 4 is 33.4 Å². The molecule has 0 spiro atoms. The van der Waals surface area contributed by atoms with Gasteiger partial charge in [0.2, 0.25) is 0 Å². The minimum absolute atomic E-state index is 0.545. The van der Waals surface area contributed by atoms with Crippen LogP contribution in [0.3, 0.4) is 0 Å². The summed E-state index contributed by atoms with van der Waals surface area (Å²) in [6.07, 6.45) is 0. The third-order valence-electron chi connectivity index (χ3n) is 2.52. The number of benzene rings is 2. The zero-order valence-corrected chi connectivity index (χ0v) is 13.3. The van der Waals surface area contributed by atoms with E-state index in [4.69, 9.17) is 10.5 Å². The third-order valence-corrected chi connectivity index (χ3v) is 3.92. The molecule has 0 aliphatic heterocycles. The third kappa shape index (κ3) is 3.47. The van der Waals surface area contributed by atoms with E-state index in [-0.39, 0.29) is 0 Å². The molecular formula is C15H13BrN2OS. The van der Waals surface area contributed by atoms with Gasteiger partial charge in [-0.05, 0) is 30.0 Å². The Balaban J connectivity index is 2.38. The number of thioether (sulfide) groups is 1. The lowest BCUT2D eigenvalue weighted by atomic mass is 10.2. The molecule has 102 valence electrons. The van der Waals surface area contributed by atoms with Gasteiger partial charge in [-0.15, -0.1) is 11.8 Å². The van der Waals surface area contributed by atoms with Crippen LogP contribution in [-0.2, 0) is 0 Å². The molecule has 0 amide bonds. The summed E-state index contributed by atoms with van der Waals surface area (Å²) in [4.78, 5) is 0.926. The molecule has 2 rings (SSSR count). The van der Waals surface area contributed by atoms with E-state index in [1.165, 1.54) is 0 Å². The fourth-order valence-electron chi connectivity index (χ4n) is 1.75. The predicted octanol–water partition coefficient (Wildman–Crippen LogP) is 4.81. The van der Waals surface area contributed by atoms with Crippen molar-refractivity contribution in [1.29, 1.82) is 5.26 Å². The highest BCUT2D eigenvalue weighted by atomic mass is 79.9. The van der Waals surface area contributed by atoms with E-state index < -0.39 is 0 Å². The monoisotopic (exact) mass is 348 g/mol. The van der Waals surface area contributed by atoms with Crippen LogP contribution in [0.2, 0.25) is 0 Å². The SMILES string of the molecule is CCSc1cccc(Oc2cc(N)cc(Br)c2)c1C#N. The molecule has 5 heteroatoms. The second-order valence-electron chi connectivity index (χ2n) is 4.00. The fourth-order valence-corrected chi connectivity index (χ4v) is 3.02. The van der Waals surface area contributed by atoms with Crippen molar-refractivity contribution in [3.63, 3.8) is 0 Å². The van der Waals surface area contributed by atoms with E-state index in [1.54, 1.807) is 30.0 Å².